The molecule has 0 unspecified atom stereocenters. The van der Waals surface area contributed by atoms with Gasteiger partial charge in [-0.2, -0.15) is 28.1 Å². The van der Waals surface area contributed by atoms with Crippen LogP contribution in [0.4, 0.5) is 30.8 Å². The van der Waals surface area contributed by atoms with Crippen LogP contribution in [0.2, 0.25) is 5.28 Å². The lowest BCUT2D eigenvalue weighted by Crippen LogP contribution is -2.30. The van der Waals surface area contributed by atoms with E-state index in [9.17, 15) is 18.3 Å². The van der Waals surface area contributed by atoms with Gasteiger partial charge < -0.3 is 15.7 Å². The zero-order valence-electron chi connectivity index (χ0n) is 12.7. The monoisotopic (exact) mass is 362 g/mol. The largest absolute Gasteiger partial charge is 0.433 e. The van der Waals surface area contributed by atoms with Gasteiger partial charge in [0, 0.05) is 18.4 Å². The number of hydrogen-bond acceptors (Lipinski definition) is 7. The van der Waals surface area contributed by atoms with Gasteiger partial charge in [-0.15, -0.1) is 0 Å². The highest BCUT2D eigenvalue weighted by molar-refractivity contribution is 6.28. The first kappa shape index (κ1) is 18.1. The summed E-state index contributed by atoms with van der Waals surface area (Å²) in [4.78, 5) is 14.9. The molecular formula is C13H14ClF3N6O. The topological polar surface area (TPSA) is 95.8 Å². The van der Waals surface area contributed by atoms with Crippen LogP contribution in [0.5, 0.6) is 0 Å². The summed E-state index contributed by atoms with van der Waals surface area (Å²) in [5, 5.41) is 14.9. The third-order valence-corrected chi connectivity index (χ3v) is 2.76. The van der Waals surface area contributed by atoms with Crippen LogP contribution in [0.15, 0.2) is 18.3 Å². The van der Waals surface area contributed by atoms with E-state index in [1.165, 1.54) is 6.07 Å². The predicted molar refractivity (Wildman–Crippen MR) is 82.1 cm³/mol. The minimum absolute atomic E-state index is 0.0485. The van der Waals surface area contributed by atoms with Gasteiger partial charge in [0.1, 0.15) is 5.69 Å². The number of anilines is 3. The Kier molecular flexibility index (Phi) is 5.09. The zero-order valence-corrected chi connectivity index (χ0v) is 13.4. The first-order valence-electron chi connectivity index (χ1n) is 6.71. The Morgan fingerprint density at radius 3 is 2.46 bits per heavy atom. The molecule has 0 amide bonds. The van der Waals surface area contributed by atoms with Crippen molar-refractivity contribution < 1.29 is 18.3 Å². The van der Waals surface area contributed by atoms with Crippen molar-refractivity contribution >= 4 is 29.2 Å². The van der Waals surface area contributed by atoms with Crippen LogP contribution >= 0.6 is 11.6 Å². The molecule has 2 aromatic heterocycles. The quantitative estimate of drug-likeness (QED) is 0.752. The Balaban J connectivity index is 2.19. The minimum Gasteiger partial charge on any atom is -0.389 e. The molecule has 11 heteroatoms. The van der Waals surface area contributed by atoms with Gasteiger partial charge in [-0.25, -0.2) is 0 Å². The van der Waals surface area contributed by atoms with Crippen molar-refractivity contribution in [2.75, 3.05) is 17.2 Å². The van der Waals surface area contributed by atoms with E-state index in [1.54, 1.807) is 13.8 Å². The maximum absolute atomic E-state index is 12.7. The molecule has 0 saturated carbocycles. The molecule has 3 N–H and O–H groups in total. The normalized spacial score (nSPS) is 12.1. The number of halogens is 4. The van der Waals surface area contributed by atoms with E-state index in [0.717, 1.165) is 12.3 Å². The van der Waals surface area contributed by atoms with E-state index in [1.807, 2.05) is 0 Å². The summed E-state index contributed by atoms with van der Waals surface area (Å²) in [7, 11) is 0. The molecule has 24 heavy (non-hydrogen) atoms. The van der Waals surface area contributed by atoms with Crippen molar-refractivity contribution in [2.24, 2.45) is 0 Å². The molecule has 0 fully saturated rings. The maximum Gasteiger partial charge on any atom is 0.433 e. The summed E-state index contributed by atoms with van der Waals surface area (Å²) < 4.78 is 38.0. The molecule has 0 aliphatic carbocycles. The summed E-state index contributed by atoms with van der Waals surface area (Å²) >= 11 is 5.77. The van der Waals surface area contributed by atoms with Gasteiger partial charge in [0.2, 0.25) is 17.2 Å². The van der Waals surface area contributed by atoms with Gasteiger partial charge in [0.25, 0.3) is 0 Å². The SMILES string of the molecule is CC(C)(O)CNc1nc(Cl)nc(Nc2ccnc(C(F)(F)F)c2)n1. The summed E-state index contributed by atoms with van der Waals surface area (Å²) in [5.41, 5.74) is -1.97. The third kappa shape index (κ3) is 5.46. The molecule has 0 aromatic carbocycles. The van der Waals surface area contributed by atoms with Crippen LogP contribution in [-0.2, 0) is 6.18 Å². The highest BCUT2D eigenvalue weighted by Gasteiger charge is 2.32. The van der Waals surface area contributed by atoms with Crippen molar-refractivity contribution in [3.63, 3.8) is 0 Å². The lowest BCUT2D eigenvalue weighted by molar-refractivity contribution is -0.141. The fraction of sp³-hybridized carbons (Fsp3) is 0.385. The molecule has 0 atom stereocenters. The number of hydrogen-bond donors (Lipinski definition) is 3. The Morgan fingerprint density at radius 1 is 1.17 bits per heavy atom. The standard InChI is InChI=1S/C13H14ClF3N6O/c1-12(2,24)6-19-10-21-9(14)22-11(23-10)20-7-3-4-18-8(5-7)13(15,16)17/h3-5,24H,6H2,1-2H3,(H2,18,19,20,21,22,23). The number of alkyl halides is 3. The van der Waals surface area contributed by atoms with E-state index in [2.05, 4.69) is 30.6 Å². The number of nitrogens with zero attached hydrogens (tertiary/aromatic N) is 4. The average molecular weight is 363 g/mol. The number of nitrogens with one attached hydrogen (secondary N) is 2. The second-order valence-corrected chi connectivity index (χ2v) is 5.81. The Labute approximate surface area is 140 Å². The molecule has 0 aliphatic rings. The molecular weight excluding hydrogens is 349 g/mol. The third-order valence-electron chi connectivity index (χ3n) is 2.59. The van der Waals surface area contributed by atoms with Crippen LogP contribution in [0.3, 0.4) is 0 Å². The Bertz CT molecular complexity index is 720. The zero-order chi connectivity index (χ0) is 18.0. The molecule has 0 saturated heterocycles. The van der Waals surface area contributed by atoms with E-state index in [4.69, 9.17) is 11.6 Å². The van der Waals surface area contributed by atoms with Crippen molar-refractivity contribution in [3.05, 3.63) is 29.3 Å². The van der Waals surface area contributed by atoms with Crippen LogP contribution in [-0.4, -0.2) is 37.2 Å². The number of aliphatic hydroxyl groups is 1. The number of pyridine rings is 1. The van der Waals surface area contributed by atoms with Crippen molar-refractivity contribution in [1.82, 2.24) is 19.9 Å². The van der Waals surface area contributed by atoms with E-state index >= 15 is 0 Å². The van der Waals surface area contributed by atoms with Crippen LogP contribution in [0.25, 0.3) is 0 Å². The summed E-state index contributed by atoms with van der Waals surface area (Å²) in [6.07, 6.45) is -3.55. The van der Waals surface area contributed by atoms with E-state index < -0.39 is 17.5 Å². The molecule has 0 aliphatic heterocycles. The van der Waals surface area contributed by atoms with Gasteiger partial charge in [-0.1, -0.05) is 0 Å². The minimum atomic E-state index is -4.56. The molecule has 2 heterocycles. The highest BCUT2D eigenvalue weighted by atomic mass is 35.5. The average Bonchev–Trinajstić information content (AvgIpc) is 2.43. The second kappa shape index (κ2) is 6.73. The smallest absolute Gasteiger partial charge is 0.389 e. The van der Waals surface area contributed by atoms with E-state index in [-0.39, 0.29) is 29.4 Å². The number of aromatic nitrogens is 4. The molecule has 0 bridgehead atoms. The van der Waals surface area contributed by atoms with E-state index in [0.29, 0.717) is 0 Å². The summed E-state index contributed by atoms with van der Waals surface area (Å²) in [6, 6.07) is 2.15. The van der Waals surface area contributed by atoms with Crippen molar-refractivity contribution in [3.8, 4) is 0 Å². The predicted octanol–water partition coefficient (Wildman–Crippen LogP) is 2.87. The summed E-state index contributed by atoms with van der Waals surface area (Å²) in [5.74, 6) is 0.0253. The fourth-order valence-corrected chi connectivity index (χ4v) is 1.73. The van der Waals surface area contributed by atoms with Crippen molar-refractivity contribution in [2.45, 2.75) is 25.6 Å². The lowest BCUT2D eigenvalue weighted by atomic mass is 10.1. The molecule has 2 aromatic rings. The molecule has 7 nitrogen and oxygen atoms in total. The van der Waals surface area contributed by atoms with Gasteiger partial charge in [0.15, 0.2) is 0 Å². The first-order chi connectivity index (χ1) is 11.0. The van der Waals surface area contributed by atoms with Gasteiger partial charge >= 0.3 is 6.18 Å². The van der Waals surface area contributed by atoms with Crippen molar-refractivity contribution in [1.29, 1.82) is 0 Å². The molecule has 0 radical (unpaired) electrons. The van der Waals surface area contributed by atoms with Gasteiger partial charge in [-0.3, -0.25) is 4.98 Å². The lowest BCUT2D eigenvalue weighted by Gasteiger charge is -2.17. The van der Waals surface area contributed by atoms with Crippen LogP contribution in [0, 0.1) is 0 Å². The molecule has 130 valence electrons. The van der Waals surface area contributed by atoms with Crippen LogP contribution < -0.4 is 10.6 Å². The van der Waals surface area contributed by atoms with Gasteiger partial charge in [-0.05, 0) is 37.6 Å². The highest BCUT2D eigenvalue weighted by Crippen LogP contribution is 2.29. The molecule has 2 rings (SSSR count). The second-order valence-electron chi connectivity index (χ2n) is 5.47. The number of rotatable bonds is 5. The molecule has 0 spiro atoms. The Morgan fingerprint density at radius 2 is 1.83 bits per heavy atom. The first-order valence-corrected chi connectivity index (χ1v) is 7.09. The van der Waals surface area contributed by atoms with Crippen LogP contribution in [0.1, 0.15) is 19.5 Å². The fourth-order valence-electron chi connectivity index (χ4n) is 1.57. The summed E-state index contributed by atoms with van der Waals surface area (Å²) in [6.45, 7) is 3.30. The van der Waals surface area contributed by atoms with Gasteiger partial charge in [0.05, 0.1) is 5.60 Å². The maximum atomic E-state index is 12.7. The Hall–Kier alpha value is -2.20.